The highest BCUT2D eigenvalue weighted by atomic mass is 32.1. The predicted molar refractivity (Wildman–Crippen MR) is 78.2 cm³/mol. The number of benzene rings is 1. The Morgan fingerprint density at radius 1 is 1.32 bits per heavy atom. The number of thiazole rings is 1. The first-order valence-electron chi connectivity index (χ1n) is 6.46. The van der Waals surface area contributed by atoms with Gasteiger partial charge in [0.2, 0.25) is 0 Å². The fourth-order valence-electron chi connectivity index (χ4n) is 2.29. The molecule has 0 aliphatic carbocycles. The summed E-state index contributed by atoms with van der Waals surface area (Å²) in [6.07, 6.45) is 0. The zero-order valence-electron chi connectivity index (χ0n) is 11.7. The Morgan fingerprint density at radius 2 is 2.05 bits per heavy atom. The smallest absolute Gasteiger partial charge is 0.123 e. The predicted octanol–water partition coefficient (Wildman–Crippen LogP) is 3.91. The zero-order valence-corrected chi connectivity index (χ0v) is 12.6. The molecule has 0 bridgehead atoms. The molecule has 0 aliphatic rings. The molecule has 0 spiro atoms. The second-order valence-corrected chi connectivity index (χ2v) is 5.91. The van der Waals surface area contributed by atoms with E-state index in [-0.39, 0.29) is 11.9 Å². The average Bonchev–Trinajstić information content (AvgIpc) is 2.69. The van der Waals surface area contributed by atoms with Gasteiger partial charge in [-0.05, 0) is 50.6 Å². The van der Waals surface area contributed by atoms with Crippen molar-refractivity contribution in [3.63, 3.8) is 0 Å². The van der Waals surface area contributed by atoms with Gasteiger partial charge in [0, 0.05) is 4.88 Å². The van der Waals surface area contributed by atoms with Gasteiger partial charge in [0.25, 0.3) is 0 Å². The van der Waals surface area contributed by atoms with Crippen molar-refractivity contribution in [3.8, 4) is 0 Å². The summed E-state index contributed by atoms with van der Waals surface area (Å²) in [5.74, 6) is -0.192. The Kier molecular flexibility index (Phi) is 4.32. The van der Waals surface area contributed by atoms with Crippen LogP contribution >= 0.6 is 11.3 Å². The van der Waals surface area contributed by atoms with Crippen LogP contribution < -0.4 is 5.32 Å². The molecule has 19 heavy (non-hydrogen) atoms. The molecule has 0 amide bonds. The Balaban J connectivity index is 2.51. The lowest BCUT2D eigenvalue weighted by atomic mass is 9.99. The lowest BCUT2D eigenvalue weighted by Crippen LogP contribution is -2.22. The molecule has 0 saturated heterocycles. The van der Waals surface area contributed by atoms with E-state index in [9.17, 15) is 4.39 Å². The summed E-state index contributed by atoms with van der Waals surface area (Å²) in [5.41, 5.74) is 3.11. The van der Waals surface area contributed by atoms with E-state index in [0.717, 1.165) is 28.4 Å². The van der Waals surface area contributed by atoms with Crippen LogP contribution in [0.2, 0.25) is 0 Å². The number of nitrogens with one attached hydrogen (secondary N) is 1. The Morgan fingerprint density at radius 3 is 2.63 bits per heavy atom. The number of hydrogen-bond acceptors (Lipinski definition) is 3. The lowest BCUT2D eigenvalue weighted by Gasteiger charge is -2.19. The van der Waals surface area contributed by atoms with Gasteiger partial charge in [-0.3, -0.25) is 0 Å². The molecule has 1 aromatic carbocycles. The van der Waals surface area contributed by atoms with E-state index in [1.165, 1.54) is 10.9 Å². The minimum Gasteiger partial charge on any atom is -0.306 e. The number of nitrogens with zero attached hydrogens (tertiary/aromatic N) is 1. The van der Waals surface area contributed by atoms with E-state index in [4.69, 9.17) is 0 Å². The zero-order chi connectivity index (χ0) is 14.0. The van der Waals surface area contributed by atoms with Crippen molar-refractivity contribution in [1.82, 2.24) is 10.3 Å². The van der Waals surface area contributed by atoms with Crippen molar-refractivity contribution >= 4 is 11.3 Å². The van der Waals surface area contributed by atoms with Gasteiger partial charge in [0.1, 0.15) is 5.82 Å². The number of aromatic nitrogens is 1. The molecule has 102 valence electrons. The van der Waals surface area contributed by atoms with Crippen LogP contribution in [0.3, 0.4) is 0 Å². The minimum absolute atomic E-state index is 0.0203. The molecule has 1 N–H and O–H groups in total. The number of hydrogen-bond donors (Lipinski definition) is 1. The third kappa shape index (κ3) is 3.01. The third-order valence-electron chi connectivity index (χ3n) is 3.16. The molecule has 0 radical (unpaired) electrons. The molecular formula is C15H19FN2S. The van der Waals surface area contributed by atoms with Crippen LogP contribution in [0.25, 0.3) is 0 Å². The maximum absolute atomic E-state index is 13.5. The van der Waals surface area contributed by atoms with Crippen molar-refractivity contribution in [1.29, 1.82) is 0 Å². The SMILES string of the molecule is CCNC(c1cc(F)ccc1C)c1sc(C)nc1C. The van der Waals surface area contributed by atoms with E-state index in [2.05, 4.69) is 17.2 Å². The van der Waals surface area contributed by atoms with Gasteiger partial charge in [-0.1, -0.05) is 13.0 Å². The van der Waals surface area contributed by atoms with Gasteiger partial charge in [0.05, 0.1) is 16.7 Å². The van der Waals surface area contributed by atoms with Crippen LogP contribution in [0, 0.1) is 26.6 Å². The molecule has 2 nitrogen and oxygen atoms in total. The molecule has 0 saturated carbocycles. The minimum atomic E-state index is -0.192. The van der Waals surface area contributed by atoms with Crippen molar-refractivity contribution in [2.45, 2.75) is 33.7 Å². The summed E-state index contributed by atoms with van der Waals surface area (Å²) in [7, 11) is 0. The molecule has 2 aromatic rings. The van der Waals surface area contributed by atoms with Gasteiger partial charge in [-0.25, -0.2) is 9.37 Å². The lowest BCUT2D eigenvalue weighted by molar-refractivity contribution is 0.603. The molecule has 1 heterocycles. The molecular weight excluding hydrogens is 259 g/mol. The van der Waals surface area contributed by atoms with Crippen LogP contribution in [0.1, 0.15) is 39.7 Å². The summed E-state index contributed by atoms with van der Waals surface area (Å²) in [6, 6.07) is 4.98. The normalized spacial score (nSPS) is 12.7. The second-order valence-electron chi connectivity index (χ2n) is 4.67. The van der Waals surface area contributed by atoms with Gasteiger partial charge in [0.15, 0.2) is 0 Å². The molecule has 0 aliphatic heterocycles. The fourth-order valence-corrected chi connectivity index (χ4v) is 3.31. The Bertz CT molecular complexity index is 578. The summed E-state index contributed by atoms with van der Waals surface area (Å²) < 4.78 is 13.5. The van der Waals surface area contributed by atoms with E-state index >= 15 is 0 Å². The summed E-state index contributed by atoms with van der Waals surface area (Å²) in [6.45, 7) is 8.92. The van der Waals surface area contributed by atoms with Gasteiger partial charge in [-0.15, -0.1) is 11.3 Å². The molecule has 4 heteroatoms. The van der Waals surface area contributed by atoms with Gasteiger partial charge < -0.3 is 5.32 Å². The van der Waals surface area contributed by atoms with E-state index in [1.807, 2.05) is 26.8 Å². The molecule has 0 fully saturated rings. The monoisotopic (exact) mass is 278 g/mol. The number of halogens is 1. The van der Waals surface area contributed by atoms with Crippen LogP contribution in [0.15, 0.2) is 18.2 Å². The highest BCUT2D eigenvalue weighted by Gasteiger charge is 2.20. The Hall–Kier alpha value is -1.26. The first kappa shape index (κ1) is 14.2. The average molecular weight is 278 g/mol. The van der Waals surface area contributed by atoms with E-state index < -0.39 is 0 Å². The molecule has 2 rings (SSSR count). The number of rotatable bonds is 4. The molecule has 1 aromatic heterocycles. The van der Waals surface area contributed by atoms with Crippen molar-refractivity contribution in [2.75, 3.05) is 6.54 Å². The summed E-state index contributed by atoms with van der Waals surface area (Å²) in [4.78, 5) is 5.65. The van der Waals surface area contributed by atoms with Crippen LogP contribution in [0.5, 0.6) is 0 Å². The largest absolute Gasteiger partial charge is 0.306 e. The van der Waals surface area contributed by atoms with Crippen molar-refractivity contribution in [3.05, 3.63) is 50.7 Å². The van der Waals surface area contributed by atoms with E-state index in [0.29, 0.717) is 0 Å². The first-order chi connectivity index (χ1) is 9.02. The van der Waals surface area contributed by atoms with Crippen molar-refractivity contribution in [2.24, 2.45) is 0 Å². The number of aryl methyl sites for hydroxylation is 3. The fraction of sp³-hybridized carbons (Fsp3) is 0.400. The van der Waals surface area contributed by atoms with Gasteiger partial charge >= 0.3 is 0 Å². The van der Waals surface area contributed by atoms with E-state index in [1.54, 1.807) is 17.4 Å². The van der Waals surface area contributed by atoms with Crippen LogP contribution in [-0.4, -0.2) is 11.5 Å². The first-order valence-corrected chi connectivity index (χ1v) is 7.28. The van der Waals surface area contributed by atoms with Crippen LogP contribution in [0.4, 0.5) is 4.39 Å². The third-order valence-corrected chi connectivity index (χ3v) is 4.30. The van der Waals surface area contributed by atoms with Gasteiger partial charge in [-0.2, -0.15) is 0 Å². The van der Waals surface area contributed by atoms with Crippen molar-refractivity contribution < 1.29 is 4.39 Å². The maximum Gasteiger partial charge on any atom is 0.123 e. The highest BCUT2D eigenvalue weighted by Crippen LogP contribution is 2.31. The highest BCUT2D eigenvalue weighted by molar-refractivity contribution is 7.11. The standard InChI is InChI=1S/C15H19FN2S/c1-5-17-14(15-10(3)18-11(4)19-15)13-8-12(16)7-6-9(13)2/h6-8,14,17H,5H2,1-4H3. The topological polar surface area (TPSA) is 24.9 Å². The molecule has 1 atom stereocenters. The summed E-state index contributed by atoms with van der Waals surface area (Å²) >= 11 is 1.68. The molecule has 1 unspecified atom stereocenters. The summed E-state index contributed by atoms with van der Waals surface area (Å²) in [5, 5.41) is 4.49. The maximum atomic E-state index is 13.5. The second kappa shape index (κ2) is 5.80. The Labute approximate surface area is 117 Å². The quantitative estimate of drug-likeness (QED) is 0.917. The van der Waals surface area contributed by atoms with Crippen LogP contribution in [-0.2, 0) is 0 Å².